The molecular weight excluding hydrogens is 430 g/mol. The molecule has 1 fully saturated rings. The molecule has 2 aromatic rings. The first-order valence-corrected chi connectivity index (χ1v) is 11.0. The minimum atomic E-state index is -3.85. The largest absolute Gasteiger partial charge is 0.334 e. The van der Waals surface area contributed by atoms with Gasteiger partial charge in [0.15, 0.2) is 0 Å². The van der Waals surface area contributed by atoms with Crippen molar-refractivity contribution in [3.05, 3.63) is 59.1 Å². The van der Waals surface area contributed by atoms with Crippen LogP contribution in [0, 0.1) is 0 Å². The van der Waals surface area contributed by atoms with E-state index in [0.29, 0.717) is 18.8 Å². The van der Waals surface area contributed by atoms with E-state index in [0.717, 1.165) is 17.6 Å². The molecule has 6 nitrogen and oxygen atoms in total. The third-order valence-corrected chi connectivity index (χ3v) is 7.01. The van der Waals surface area contributed by atoms with Crippen molar-refractivity contribution in [1.82, 2.24) is 4.90 Å². The summed E-state index contributed by atoms with van der Waals surface area (Å²) < 4.78 is 28.5. The monoisotopic (exact) mass is 452 g/mol. The Morgan fingerprint density at radius 2 is 1.67 bits per heavy atom. The predicted molar refractivity (Wildman–Crippen MR) is 108 cm³/mol. The first kappa shape index (κ1) is 19.9. The number of rotatable bonds is 5. The minimum Gasteiger partial charge on any atom is -0.334 e. The summed E-state index contributed by atoms with van der Waals surface area (Å²) in [4.78, 5) is 16.1. The lowest BCUT2D eigenvalue weighted by Gasteiger charge is -2.32. The quantitative estimate of drug-likeness (QED) is 0.735. The number of carbonyl (C=O) groups is 1. The third kappa shape index (κ3) is 4.69. The average Bonchev–Trinajstić information content (AvgIpc) is 2.68. The van der Waals surface area contributed by atoms with Gasteiger partial charge in [-0.15, -0.1) is 0 Å². The molecule has 1 N–H and O–H groups in total. The van der Waals surface area contributed by atoms with Crippen LogP contribution in [0.3, 0.4) is 0 Å². The molecule has 0 unspecified atom stereocenters. The summed E-state index contributed by atoms with van der Waals surface area (Å²) in [5.41, 5.74) is 0.468. The molecule has 2 aromatic carbocycles. The summed E-state index contributed by atoms with van der Waals surface area (Å²) >= 11 is 3.36. The molecule has 1 saturated heterocycles. The molecule has 0 radical (unpaired) electrons. The van der Waals surface area contributed by atoms with Crippen molar-refractivity contribution < 1.29 is 18.1 Å². The van der Waals surface area contributed by atoms with E-state index < -0.39 is 10.0 Å². The van der Waals surface area contributed by atoms with E-state index in [2.05, 4.69) is 23.0 Å². The molecule has 0 bridgehead atoms. The van der Waals surface area contributed by atoms with Crippen molar-refractivity contribution in [3.8, 4) is 0 Å². The summed E-state index contributed by atoms with van der Waals surface area (Å²) in [6.07, 6.45) is 0. The zero-order valence-corrected chi connectivity index (χ0v) is 17.5. The van der Waals surface area contributed by atoms with Crippen LogP contribution in [-0.2, 0) is 14.8 Å². The number of amides is 1. The van der Waals surface area contributed by atoms with E-state index in [1.807, 2.05) is 0 Å². The van der Waals surface area contributed by atoms with E-state index in [-0.39, 0.29) is 17.3 Å². The summed E-state index contributed by atoms with van der Waals surface area (Å²) in [6, 6.07) is 15.2. The van der Waals surface area contributed by atoms with Crippen LogP contribution in [0.15, 0.2) is 64.0 Å². The Hall–Kier alpha value is -1.90. The van der Waals surface area contributed by atoms with Crippen LogP contribution in [0.4, 0.5) is 5.69 Å². The van der Waals surface area contributed by atoms with Crippen LogP contribution in [-0.4, -0.2) is 59.0 Å². The molecule has 0 aliphatic carbocycles. The van der Waals surface area contributed by atoms with E-state index in [1.54, 1.807) is 59.5 Å². The zero-order chi connectivity index (χ0) is 19.4. The molecule has 1 amide bonds. The number of carbonyl (C=O) groups excluding carboxylic acids is 1. The van der Waals surface area contributed by atoms with Crippen LogP contribution < -0.4 is 9.21 Å². The van der Waals surface area contributed by atoms with Gasteiger partial charge in [-0.2, -0.15) is 0 Å². The maximum Gasteiger partial charge on any atom is 0.264 e. The lowest BCUT2D eigenvalue weighted by Crippen LogP contribution is -3.12. The highest BCUT2D eigenvalue weighted by molar-refractivity contribution is 9.10. The van der Waals surface area contributed by atoms with Gasteiger partial charge in [-0.25, -0.2) is 8.42 Å². The zero-order valence-electron chi connectivity index (χ0n) is 15.1. The second kappa shape index (κ2) is 8.41. The number of hydrogen-bond acceptors (Lipinski definition) is 3. The number of nitrogens with one attached hydrogen (secondary N) is 1. The first-order valence-electron chi connectivity index (χ1n) is 8.80. The van der Waals surface area contributed by atoms with Crippen molar-refractivity contribution >= 4 is 37.5 Å². The minimum absolute atomic E-state index is 0.170. The highest BCUT2D eigenvalue weighted by Gasteiger charge is 2.30. The molecule has 0 atom stereocenters. The molecule has 0 spiro atoms. The van der Waals surface area contributed by atoms with Gasteiger partial charge in [-0.05, 0) is 36.4 Å². The predicted octanol–water partition coefficient (Wildman–Crippen LogP) is 1.00. The van der Waals surface area contributed by atoms with Gasteiger partial charge in [0, 0.05) is 4.47 Å². The molecule has 1 aliphatic heterocycles. The van der Waals surface area contributed by atoms with E-state index in [9.17, 15) is 13.2 Å². The Morgan fingerprint density at radius 3 is 2.26 bits per heavy atom. The Labute approximate surface area is 168 Å². The van der Waals surface area contributed by atoms with Gasteiger partial charge in [0.25, 0.3) is 10.0 Å². The standard InChI is InChI=1S/C19H22BrN3O3S/c1-21-11-13-22(14-12-21)19(24)15-23(17-9-7-16(20)8-10-17)27(25,26)18-5-3-2-4-6-18/h2-10H,11-15H2,1H3/p+1. The average molecular weight is 453 g/mol. The van der Waals surface area contributed by atoms with Gasteiger partial charge >= 0.3 is 0 Å². The summed E-state index contributed by atoms with van der Waals surface area (Å²) in [5.74, 6) is -0.176. The maximum absolute atomic E-state index is 13.2. The Balaban J connectivity index is 1.91. The number of anilines is 1. The van der Waals surface area contributed by atoms with Gasteiger partial charge in [0.2, 0.25) is 5.91 Å². The number of piperazine rings is 1. The van der Waals surface area contributed by atoms with Gasteiger partial charge in [-0.3, -0.25) is 9.10 Å². The highest BCUT2D eigenvalue weighted by atomic mass is 79.9. The molecule has 144 valence electrons. The van der Waals surface area contributed by atoms with Gasteiger partial charge in [0.05, 0.1) is 43.8 Å². The Morgan fingerprint density at radius 1 is 1.07 bits per heavy atom. The summed E-state index contributed by atoms with van der Waals surface area (Å²) in [5, 5.41) is 0. The van der Waals surface area contributed by atoms with Crippen molar-refractivity contribution in [2.24, 2.45) is 0 Å². The summed E-state index contributed by atoms with van der Waals surface area (Å²) in [7, 11) is -1.75. The van der Waals surface area contributed by atoms with E-state index in [4.69, 9.17) is 0 Å². The molecule has 3 rings (SSSR count). The number of quaternary nitrogens is 1. The lowest BCUT2D eigenvalue weighted by atomic mass is 10.3. The molecule has 1 aliphatic rings. The van der Waals surface area contributed by atoms with Crippen LogP contribution in [0.5, 0.6) is 0 Å². The molecular formula is C19H23BrN3O3S+. The fourth-order valence-corrected chi connectivity index (χ4v) is 4.70. The number of hydrogen-bond donors (Lipinski definition) is 1. The van der Waals surface area contributed by atoms with Crippen LogP contribution in [0.2, 0.25) is 0 Å². The number of benzene rings is 2. The normalized spacial score (nSPS) is 15.6. The molecule has 27 heavy (non-hydrogen) atoms. The second-order valence-corrected chi connectivity index (χ2v) is 9.42. The molecule has 0 saturated carbocycles. The number of likely N-dealkylation sites (N-methyl/N-ethyl adjacent to an activating group) is 1. The van der Waals surface area contributed by atoms with Gasteiger partial charge < -0.3 is 9.80 Å². The molecule has 1 heterocycles. The Kier molecular flexibility index (Phi) is 6.18. The molecule has 0 aromatic heterocycles. The van der Waals surface area contributed by atoms with Crippen LogP contribution in [0.1, 0.15) is 0 Å². The van der Waals surface area contributed by atoms with E-state index >= 15 is 0 Å². The number of sulfonamides is 1. The SMILES string of the molecule is C[NH+]1CCN(C(=O)CN(c2ccc(Br)cc2)S(=O)(=O)c2ccccc2)CC1. The Bertz CT molecular complexity index is 880. The van der Waals surface area contributed by atoms with Crippen LogP contribution in [0.25, 0.3) is 0 Å². The first-order chi connectivity index (χ1) is 12.9. The second-order valence-electron chi connectivity index (χ2n) is 6.64. The number of nitrogens with zero attached hydrogens (tertiary/aromatic N) is 2. The van der Waals surface area contributed by atoms with Gasteiger partial charge in [-0.1, -0.05) is 34.1 Å². The topological polar surface area (TPSA) is 62.1 Å². The van der Waals surface area contributed by atoms with Crippen LogP contribution >= 0.6 is 15.9 Å². The highest BCUT2D eigenvalue weighted by Crippen LogP contribution is 2.25. The fraction of sp³-hybridized carbons (Fsp3) is 0.316. The van der Waals surface area contributed by atoms with Crippen molar-refractivity contribution in [3.63, 3.8) is 0 Å². The number of halogens is 1. The maximum atomic E-state index is 13.2. The smallest absolute Gasteiger partial charge is 0.264 e. The molecule has 8 heteroatoms. The van der Waals surface area contributed by atoms with E-state index in [1.165, 1.54) is 9.21 Å². The van der Waals surface area contributed by atoms with Crippen molar-refractivity contribution in [1.29, 1.82) is 0 Å². The van der Waals surface area contributed by atoms with Gasteiger partial charge in [0.1, 0.15) is 6.54 Å². The lowest BCUT2D eigenvalue weighted by molar-refractivity contribution is -0.883. The summed E-state index contributed by atoms with van der Waals surface area (Å²) in [6.45, 7) is 2.82. The van der Waals surface area contributed by atoms with Crippen molar-refractivity contribution in [2.75, 3.05) is 44.1 Å². The third-order valence-electron chi connectivity index (χ3n) is 4.69. The van der Waals surface area contributed by atoms with Crippen molar-refractivity contribution in [2.45, 2.75) is 4.90 Å². The fourth-order valence-electron chi connectivity index (χ4n) is 3.00.